The Bertz CT molecular complexity index is 734. The molecule has 1 fully saturated rings. The maximum atomic E-state index is 11.5. The molecule has 0 radical (unpaired) electrons. The number of aryl methyl sites for hydroxylation is 1. The highest BCUT2D eigenvalue weighted by Gasteiger charge is 2.20. The number of hydrogen-bond donors (Lipinski definition) is 2. The maximum absolute atomic E-state index is 11.5. The van der Waals surface area contributed by atoms with Crippen LogP contribution in [0.1, 0.15) is 12.0 Å². The number of carbonyl (C=O) groups is 1. The van der Waals surface area contributed by atoms with Gasteiger partial charge in [-0.3, -0.25) is 4.79 Å². The second kappa shape index (κ2) is 5.94. The first-order valence-corrected chi connectivity index (χ1v) is 9.02. The number of carbonyl (C=O) groups excluding carboxylic acids is 1. The van der Waals surface area contributed by atoms with Crippen molar-refractivity contribution in [3.05, 3.63) is 29.1 Å². The Hall–Kier alpha value is -1.92. The number of anilines is 2. The zero-order valence-corrected chi connectivity index (χ0v) is 14.1. The van der Waals surface area contributed by atoms with Crippen LogP contribution in [-0.4, -0.2) is 44.1 Å². The molecule has 1 amide bonds. The zero-order chi connectivity index (χ0) is 15.8. The summed E-state index contributed by atoms with van der Waals surface area (Å²) >= 11 is 1.73. The highest BCUT2D eigenvalue weighted by atomic mass is 32.1. The molecule has 0 aliphatic carbocycles. The van der Waals surface area contributed by atoms with Crippen LogP contribution in [0.4, 0.5) is 10.8 Å². The summed E-state index contributed by atoms with van der Waals surface area (Å²) in [5.74, 6) is 0.110. The van der Waals surface area contributed by atoms with Crippen molar-refractivity contribution in [2.24, 2.45) is 0 Å². The third-order valence-corrected chi connectivity index (χ3v) is 5.58. The van der Waals surface area contributed by atoms with E-state index in [0.717, 1.165) is 41.6 Å². The van der Waals surface area contributed by atoms with E-state index < -0.39 is 0 Å². The van der Waals surface area contributed by atoms with Gasteiger partial charge < -0.3 is 15.1 Å². The van der Waals surface area contributed by atoms with Crippen LogP contribution in [0.3, 0.4) is 0 Å². The Balaban J connectivity index is 1.56. The minimum absolute atomic E-state index is 0.110. The van der Waals surface area contributed by atoms with Gasteiger partial charge >= 0.3 is 0 Å². The number of aromatic nitrogens is 1. The minimum atomic E-state index is 0.110. The number of nitrogens with zero attached hydrogens (tertiary/aromatic N) is 2. The summed E-state index contributed by atoms with van der Waals surface area (Å²) in [6.45, 7) is 4.50. The van der Waals surface area contributed by atoms with Gasteiger partial charge in [0.1, 0.15) is 0 Å². The molecule has 2 N–H and O–H groups in total. The van der Waals surface area contributed by atoms with Gasteiger partial charge in [-0.2, -0.15) is 0 Å². The number of quaternary nitrogens is 1. The van der Waals surface area contributed by atoms with Crippen LogP contribution in [0.25, 0.3) is 11.3 Å². The van der Waals surface area contributed by atoms with E-state index in [9.17, 15) is 4.79 Å². The molecule has 2 aliphatic rings. The number of rotatable bonds is 2. The molecule has 0 unspecified atom stereocenters. The van der Waals surface area contributed by atoms with E-state index in [4.69, 9.17) is 4.98 Å². The molecule has 0 atom stereocenters. The largest absolute Gasteiger partial charge is 0.337 e. The van der Waals surface area contributed by atoms with Crippen LogP contribution in [0.15, 0.2) is 23.6 Å². The Labute approximate surface area is 139 Å². The molecule has 0 spiro atoms. The fraction of sp³-hybridized carbons (Fsp3) is 0.412. The molecule has 2 aliphatic heterocycles. The average molecular weight is 329 g/mol. The lowest BCUT2D eigenvalue weighted by atomic mass is 9.99. The van der Waals surface area contributed by atoms with Gasteiger partial charge in [0, 0.05) is 23.1 Å². The van der Waals surface area contributed by atoms with E-state index in [1.54, 1.807) is 16.2 Å². The highest BCUT2D eigenvalue weighted by molar-refractivity contribution is 7.14. The van der Waals surface area contributed by atoms with Crippen LogP contribution < -0.4 is 15.1 Å². The van der Waals surface area contributed by atoms with Crippen molar-refractivity contribution in [1.29, 1.82) is 0 Å². The molecule has 5 nitrogen and oxygen atoms in total. The topological polar surface area (TPSA) is 49.7 Å². The third kappa shape index (κ3) is 2.96. The van der Waals surface area contributed by atoms with Crippen molar-refractivity contribution < 1.29 is 9.69 Å². The van der Waals surface area contributed by atoms with Crippen LogP contribution in [0.2, 0.25) is 0 Å². The van der Waals surface area contributed by atoms with Crippen molar-refractivity contribution in [2.75, 3.05) is 43.4 Å². The van der Waals surface area contributed by atoms with Crippen molar-refractivity contribution in [2.45, 2.75) is 12.8 Å². The molecule has 3 heterocycles. The number of thiazole rings is 1. The normalized spacial score (nSPS) is 18.7. The Morgan fingerprint density at radius 3 is 2.91 bits per heavy atom. The number of amides is 1. The van der Waals surface area contributed by atoms with E-state index in [1.165, 1.54) is 18.7 Å². The van der Waals surface area contributed by atoms with Crippen molar-refractivity contribution in [1.82, 2.24) is 4.98 Å². The molecule has 1 aromatic heterocycles. The predicted molar refractivity (Wildman–Crippen MR) is 93.3 cm³/mol. The number of likely N-dealkylation sites (N-methyl/N-ethyl adjacent to an activating group) is 1. The Morgan fingerprint density at radius 2 is 2.09 bits per heavy atom. The smallest absolute Gasteiger partial charge is 0.224 e. The summed E-state index contributed by atoms with van der Waals surface area (Å²) in [6, 6.07) is 6.22. The van der Waals surface area contributed by atoms with E-state index in [1.807, 2.05) is 6.07 Å². The minimum Gasteiger partial charge on any atom is -0.337 e. The molecular weight excluding hydrogens is 308 g/mol. The zero-order valence-electron chi connectivity index (χ0n) is 13.3. The van der Waals surface area contributed by atoms with Gasteiger partial charge in [-0.1, -0.05) is 6.07 Å². The van der Waals surface area contributed by atoms with Gasteiger partial charge in [0.05, 0.1) is 38.9 Å². The summed E-state index contributed by atoms with van der Waals surface area (Å²) in [7, 11) is 2.25. The van der Waals surface area contributed by atoms with Crippen LogP contribution >= 0.6 is 11.3 Å². The van der Waals surface area contributed by atoms with E-state index in [0.29, 0.717) is 6.42 Å². The summed E-state index contributed by atoms with van der Waals surface area (Å²) in [4.78, 5) is 20.3. The van der Waals surface area contributed by atoms with Gasteiger partial charge in [-0.15, -0.1) is 11.3 Å². The van der Waals surface area contributed by atoms with Crippen molar-refractivity contribution in [3.8, 4) is 11.3 Å². The lowest BCUT2D eigenvalue weighted by molar-refractivity contribution is -0.880. The molecule has 1 saturated heterocycles. The molecule has 4 rings (SSSR count). The van der Waals surface area contributed by atoms with E-state index >= 15 is 0 Å². The Kier molecular flexibility index (Phi) is 3.79. The molecule has 1 aromatic carbocycles. The maximum Gasteiger partial charge on any atom is 0.224 e. The first-order valence-electron chi connectivity index (χ1n) is 8.14. The van der Waals surface area contributed by atoms with E-state index in [2.05, 4.69) is 34.8 Å². The number of fused-ring (bicyclic) bond motifs is 1. The average Bonchev–Trinajstić information content (AvgIpc) is 3.05. The van der Waals surface area contributed by atoms with E-state index in [-0.39, 0.29) is 5.91 Å². The summed E-state index contributed by atoms with van der Waals surface area (Å²) in [6.07, 6.45) is 1.38. The lowest BCUT2D eigenvalue weighted by Gasteiger charge is -2.29. The van der Waals surface area contributed by atoms with Crippen LogP contribution in [0.5, 0.6) is 0 Å². The summed E-state index contributed by atoms with van der Waals surface area (Å²) in [5, 5.41) is 6.20. The quantitative estimate of drug-likeness (QED) is 0.865. The molecule has 2 aromatic rings. The predicted octanol–water partition coefficient (Wildman–Crippen LogP) is 1.03. The number of benzene rings is 1. The van der Waals surface area contributed by atoms with Crippen LogP contribution in [0, 0.1) is 0 Å². The van der Waals surface area contributed by atoms with Crippen molar-refractivity contribution in [3.63, 3.8) is 0 Å². The van der Waals surface area contributed by atoms with Gasteiger partial charge in [-0.05, 0) is 24.1 Å². The monoisotopic (exact) mass is 329 g/mol. The summed E-state index contributed by atoms with van der Waals surface area (Å²) in [5.41, 5.74) is 4.33. The summed E-state index contributed by atoms with van der Waals surface area (Å²) < 4.78 is 0. The second-order valence-corrected chi connectivity index (χ2v) is 7.22. The molecule has 6 heteroatoms. The molecular formula is C17H21N4OS+. The number of nitrogens with one attached hydrogen (secondary N) is 2. The van der Waals surface area contributed by atoms with Crippen LogP contribution in [-0.2, 0) is 11.2 Å². The molecule has 120 valence electrons. The SMILES string of the molecule is C[NH+]1CCN(c2nc(-c3ccc4c(c3)CCC(=O)N4)cs2)CC1. The third-order valence-electron chi connectivity index (χ3n) is 4.68. The van der Waals surface area contributed by atoms with Gasteiger partial charge in [0.2, 0.25) is 5.91 Å². The lowest BCUT2D eigenvalue weighted by Crippen LogP contribution is -3.12. The first-order chi connectivity index (χ1) is 11.2. The van der Waals surface area contributed by atoms with Gasteiger partial charge in [0.25, 0.3) is 0 Å². The molecule has 0 saturated carbocycles. The van der Waals surface area contributed by atoms with Gasteiger partial charge in [-0.25, -0.2) is 4.98 Å². The molecule has 23 heavy (non-hydrogen) atoms. The first kappa shape index (κ1) is 14.7. The number of piperazine rings is 1. The Morgan fingerprint density at radius 1 is 1.26 bits per heavy atom. The standard InChI is InChI=1S/C17H20N4OS/c1-20-6-8-21(9-7-20)17-19-15(11-23-17)13-2-4-14-12(10-13)3-5-16(22)18-14/h2,4,10-11H,3,5-9H2,1H3,(H,18,22)/p+1. The second-order valence-electron chi connectivity index (χ2n) is 6.38. The highest BCUT2D eigenvalue weighted by Crippen LogP contribution is 2.31. The van der Waals surface area contributed by atoms with Gasteiger partial charge in [0.15, 0.2) is 5.13 Å². The fourth-order valence-corrected chi connectivity index (χ4v) is 4.05. The number of hydrogen-bond acceptors (Lipinski definition) is 4. The molecule has 0 bridgehead atoms. The fourth-order valence-electron chi connectivity index (χ4n) is 3.16. The van der Waals surface area contributed by atoms with Crippen molar-refractivity contribution >= 4 is 28.1 Å².